The molecule has 1 aliphatic heterocycles. The Hall–Kier alpha value is -1.09. The molecule has 1 aliphatic rings. The van der Waals surface area contributed by atoms with Gasteiger partial charge in [0.25, 0.3) is 5.91 Å². The van der Waals surface area contributed by atoms with Crippen molar-refractivity contribution < 1.29 is 4.79 Å². The van der Waals surface area contributed by atoms with Crippen molar-refractivity contribution in [3.8, 4) is 0 Å². The summed E-state index contributed by atoms with van der Waals surface area (Å²) in [6.07, 6.45) is 3.51. The summed E-state index contributed by atoms with van der Waals surface area (Å²) in [6.45, 7) is 8.05. The molecule has 4 heteroatoms. The lowest BCUT2D eigenvalue weighted by Gasteiger charge is -2.17. The zero-order valence-corrected chi connectivity index (χ0v) is 13.3. The number of carbonyl (C=O) groups excluding carboxylic acids is 1. The lowest BCUT2D eigenvalue weighted by molar-refractivity contribution is 0.0786. The Bertz CT molecular complexity index is 487. The van der Waals surface area contributed by atoms with Crippen LogP contribution in [0, 0.1) is 5.92 Å². The molecule has 0 aromatic carbocycles. The van der Waals surface area contributed by atoms with Gasteiger partial charge in [0, 0.05) is 24.3 Å². The molecule has 1 saturated heterocycles. The Labute approximate surface area is 126 Å². The van der Waals surface area contributed by atoms with E-state index in [0.717, 1.165) is 25.2 Å². The monoisotopic (exact) mass is 294 g/mol. The second-order valence-electron chi connectivity index (χ2n) is 5.95. The van der Waals surface area contributed by atoms with Gasteiger partial charge in [0.05, 0.1) is 0 Å². The first-order chi connectivity index (χ1) is 9.51. The van der Waals surface area contributed by atoms with Crippen molar-refractivity contribution in [2.24, 2.45) is 5.92 Å². The standard InChI is InChI=1S/C16H23ClN2O/c1-4-5-12-6-7-19(10-12)16(20)13-8-14(11(2)3)18-15(17)9-13/h8-9,11-12H,4-7,10H2,1-3H3. The summed E-state index contributed by atoms with van der Waals surface area (Å²) in [5.41, 5.74) is 1.55. The third kappa shape index (κ3) is 3.51. The van der Waals surface area contributed by atoms with Gasteiger partial charge in [-0.2, -0.15) is 0 Å². The van der Waals surface area contributed by atoms with Crippen LogP contribution in [0.1, 0.15) is 62.0 Å². The maximum absolute atomic E-state index is 12.6. The van der Waals surface area contributed by atoms with E-state index >= 15 is 0 Å². The van der Waals surface area contributed by atoms with E-state index in [4.69, 9.17) is 11.6 Å². The van der Waals surface area contributed by atoms with Gasteiger partial charge < -0.3 is 4.90 Å². The van der Waals surface area contributed by atoms with E-state index in [2.05, 4.69) is 25.8 Å². The van der Waals surface area contributed by atoms with Crippen LogP contribution in [0.15, 0.2) is 12.1 Å². The van der Waals surface area contributed by atoms with E-state index in [-0.39, 0.29) is 11.8 Å². The molecule has 1 atom stereocenters. The number of aromatic nitrogens is 1. The third-order valence-corrected chi connectivity index (χ3v) is 4.12. The van der Waals surface area contributed by atoms with Crippen LogP contribution in [0.25, 0.3) is 0 Å². The maximum Gasteiger partial charge on any atom is 0.254 e. The Morgan fingerprint density at radius 3 is 2.90 bits per heavy atom. The fourth-order valence-corrected chi connectivity index (χ4v) is 3.00. The van der Waals surface area contributed by atoms with Crippen LogP contribution in [-0.4, -0.2) is 28.9 Å². The second-order valence-corrected chi connectivity index (χ2v) is 6.34. The molecule has 0 bridgehead atoms. The molecule has 0 radical (unpaired) electrons. The SMILES string of the molecule is CCCC1CCN(C(=O)c2cc(Cl)nc(C(C)C)c2)C1. The molecule has 1 aromatic rings. The summed E-state index contributed by atoms with van der Waals surface area (Å²) in [5, 5.41) is 0.406. The molecule has 0 spiro atoms. The summed E-state index contributed by atoms with van der Waals surface area (Å²) < 4.78 is 0. The summed E-state index contributed by atoms with van der Waals surface area (Å²) >= 11 is 6.04. The Kier molecular flexibility index (Phi) is 5.03. The average molecular weight is 295 g/mol. The van der Waals surface area contributed by atoms with Gasteiger partial charge in [-0.25, -0.2) is 4.98 Å². The van der Waals surface area contributed by atoms with Gasteiger partial charge >= 0.3 is 0 Å². The number of likely N-dealkylation sites (tertiary alicyclic amines) is 1. The van der Waals surface area contributed by atoms with Crippen LogP contribution in [0.5, 0.6) is 0 Å². The molecular formula is C16H23ClN2O. The summed E-state index contributed by atoms with van der Waals surface area (Å²) in [4.78, 5) is 18.8. The lowest BCUT2D eigenvalue weighted by atomic mass is 10.0. The van der Waals surface area contributed by atoms with Gasteiger partial charge in [-0.3, -0.25) is 4.79 Å². The molecule has 1 amide bonds. The average Bonchev–Trinajstić information content (AvgIpc) is 2.86. The van der Waals surface area contributed by atoms with Gasteiger partial charge in [0.1, 0.15) is 5.15 Å². The van der Waals surface area contributed by atoms with Crippen molar-refractivity contribution in [2.45, 2.75) is 46.0 Å². The van der Waals surface area contributed by atoms with Crippen molar-refractivity contribution in [1.29, 1.82) is 0 Å². The molecular weight excluding hydrogens is 272 g/mol. The van der Waals surface area contributed by atoms with E-state index in [0.29, 0.717) is 16.6 Å². The minimum absolute atomic E-state index is 0.0924. The maximum atomic E-state index is 12.6. The minimum atomic E-state index is 0.0924. The topological polar surface area (TPSA) is 33.2 Å². The molecule has 2 heterocycles. The molecule has 1 aromatic heterocycles. The third-order valence-electron chi connectivity index (χ3n) is 3.92. The number of hydrogen-bond donors (Lipinski definition) is 0. The van der Waals surface area contributed by atoms with Gasteiger partial charge in [0.2, 0.25) is 0 Å². The Morgan fingerprint density at radius 2 is 2.25 bits per heavy atom. The first kappa shape index (κ1) is 15.3. The van der Waals surface area contributed by atoms with Crippen LogP contribution in [0.4, 0.5) is 0 Å². The number of halogens is 1. The molecule has 1 fully saturated rings. The molecule has 20 heavy (non-hydrogen) atoms. The summed E-state index contributed by atoms with van der Waals surface area (Å²) in [7, 11) is 0. The van der Waals surface area contributed by atoms with Crippen molar-refractivity contribution >= 4 is 17.5 Å². The van der Waals surface area contributed by atoms with E-state index in [1.165, 1.54) is 12.8 Å². The van der Waals surface area contributed by atoms with Crippen LogP contribution >= 0.6 is 11.6 Å². The number of nitrogens with zero attached hydrogens (tertiary/aromatic N) is 2. The van der Waals surface area contributed by atoms with Gasteiger partial charge in [-0.05, 0) is 36.8 Å². The van der Waals surface area contributed by atoms with E-state index in [9.17, 15) is 4.79 Å². The first-order valence-corrected chi connectivity index (χ1v) is 7.85. The molecule has 1 unspecified atom stereocenters. The van der Waals surface area contributed by atoms with Crippen LogP contribution in [-0.2, 0) is 0 Å². The molecule has 0 aliphatic carbocycles. The predicted molar refractivity (Wildman–Crippen MR) is 82.3 cm³/mol. The first-order valence-electron chi connectivity index (χ1n) is 7.48. The predicted octanol–water partition coefficient (Wildman–Crippen LogP) is 4.12. The van der Waals surface area contributed by atoms with Crippen LogP contribution < -0.4 is 0 Å². The zero-order chi connectivity index (χ0) is 14.7. The number of hydrogen-bond acceptors (Lipinski definition) is 2. The number of amides is 1. The van der Waals surface area contributed by atoms with E-state index in [1.807, 2.05) is 11.0 Å². The fraction of sp³-hybridized carbons (Fsp3) is 0.625. The number of carbonyl (C=O) groups is 1. The van der Waals surface area contributed by atoms with E-state index < -0.39 is 0 Å². The molecule has 0 N–H and O–H groups in total. The van der Waals surface area contributed by atoms with E-state index in [1.54, 1.807) is 6.07 Å². The summed E-state index contributed by atoms with van der Waals surface area (Å²) in [5.74, 6) is 1.02. The largest absolute Gasteiger partial charge is 0.338 e. The van der Waals surface area contributed by atoms with Gasteiger partial charge in [-0.1, -0.05) is 38.8 Å². The number of pyridine rings is 1. The highest BCUT2D eigenvalue weighted by molar-refractivity contribution is 6.29. The molecule has 0 saturated carbocycles. The number of rotatable bonds is 4. The van der Waals surface area contributed by atoms with Gasteiger partial charge in [0.15, 0.2) is 0 Å². The second kappa shape index (κ2) is 6.57. The quantitative estimate of drug-likeness (QED) is 0.783. The van der Waals surface area contributed by atoms with Crippen molar-refractivity contribution in [2.75, 3.05) is 13.1 Å². The normalized spacial score (nSPS) is 18.9. The van der Waals surface area contributed by atoms with Crippen molar-refractivity contribution in [3.63, 3.8) is 0 Å². The molecule has 2 rings (SSSR count). The Morgan fingerprint density at radius 1 is 1.50 bits per heavy atom. The highest BCUT2D eigenvalue weighted by Crippen LogP contribution is 2.24. The van der Waals surface area contributed by atoms with Crippen LogP contribution in [0.3, 0.4) is 0 Å². The highest BCUT2D eigenvalue weighted by Gasteiger charge is 2.26. The van der Waals surface area contributed by atoms with Crippen LogP contribution in [0.2, 0.25) is 5.15 Å². The highest BCUT2D eigenvalue weighted by atomic mass is 35.5. The fourth-order valence-electron chi connectivity index (χ4n) is 2.78. The minimum Gasteiger partial charge on any atom is -0.338 e. The molecule has 3 nitrogen and oxygen atoms in total. The van der Waals surface area contributed by atoms with Crippen molar-refractivity contribution in [3.05, 3.63) is 28.5 Å². The van der Waals surface area contributed by atoms with Gasteiger partial charge in [-0.15, -0.1) is 0 Å². The zero-order valence-electron chi connectivity index (χ0n) is 12.5. The lowest BCUT2D eigenvalue weighted by Crippen LogP contribution is -2.29. The van der Waals surface area contributed by atoms with Crippen molar-refractivity contribution in [1.82, 2.24) is 9.88 Å². The Balaban J connectivity index is 2.13. The summed E-state index contributed by atoms with van der Waals surface area (Å²) in [6, 6.07) is 3.56. The smallest absolute Gasteiger partial charge is 0.254 e. The molecule has 110 valence electrons.